The van der Waals surface area contributed by atoms with Gasteiger partial charge in [0.1, 0.15) is 84.6 Å². The van der Waals surface area contributed by atoms with Gasteiger partial charge in [0.05, 0.1) is 59.5 Å². The van der Waals surface area contributed by atoms with E-state index in [-0.39, 0.29) is 197 Å². The summed E-state index contributed by atoms with van der Waals surface area (Å²) in [5.74, 6) is -4.12. The smallest absolute Gasteiger partial charge is 0.242 e. The van der Waals surface area contributed by atoms with E-state index in [0.717, 1.165) is 64.2 Å². The number of ether oxygens (including phenoxy) is 9. The van der Waals surface area contributed by atoms with Crippen LogP contribution in [0.2, 0.25) is 0 Å². The van der Waals surface area contributed by atoms with Crippen LogP contribution in [0.4, 0.5) is 0 Å². The Balaban J connectivity index is 1.60. The molecule has 0 radical (unpaired) electrons. The molecule has 21 N–H and O–H groups in total. The third-order valence-corrected chi connectivity index (χ3v) is 20.4. The summed E-state index contributed by atoms with van der Waals surface area (Å²) in [7, 11) is 0. The van der Waals surface area contributed by atoms with Crippen molar-refractivity contribution in [3.63, 3.8) is 0 Å². The molecule has 3 fully saturated rings. The molecule has 3 aliphatic rings. The number of hydrogen-bond acceptors (Lipinski definition) is 30. The summed E-state index contributed by atoms with van der Waals surface area (Å²) in [6.07, 6.45) is -2.33. The van der Waals surface area contributed by atoms with Crippen molar-refractivity contribution in [1.82, 2.24) is 63.8 Å². The molecule has 3 rings (SSSR count). The minimum atomic E-state index is -1.47. The molecule has 0 aliphatic carbocycles. The molecule has 42 heteroatoms. The van der Waals surface area contributed by atoms with Gasteiger partial charge in [-0.2, -0.15) is 0 Å². The molecule has 0 aromatic rings. The Hall–Kier alpha value is -7.08. The first-order chi connectivity index (χ1) is 59.0. The molecule has 0 aromatic carbocycles. The van der Waals surface area contributed by atoms with Crippen LogP contribution in [0.5, 0.6) is 0 Å². The van der Waals surface area contributed by atoms with Crippen LogP contribution in [0.1, 0.15) is 214 Å². The van der Waals surface area contributed by atoms with Crippen molar-refractivity contribution < 1.29 is 146 Å². The zero-order valence-corrected chi connectivity index (χ0v) is 72.6. The predicted molar refractivity (Wildman–Crippen MR) is 441 cm³/mol. The van der Waals surface area contributed by atoms with Crippen molar-refractivity contribution in [3.05, 3.63) is 0 Å². The van der Waals surface area contributed by atoms with Crippen LogP contribution >= 0.6 is 0 Å². The summed E-state index contributed by atoms with van der Waals surface area (Å²) in [4.78, 5) is 152. The van der Waals surface area contributed by atoms with Gasteiger partial charge in [-0.15, -0.1) is 0 Å². The molecule has 123 heavy (non-hydrogen) atoms. The second-order valence-corrected chi connectivity index (χ2v) is 31.3. The maximum atomic E-state index is 14.1. The molecule has 0 spiro atoms. The topological polar surface area (TPSA) is 614 Å². The first-order valence-electron chi connectivity index (χ1n) is 43.7. The number of rotatable bonds is 69. The summed E-state index contributed by atoms with van der Waals surface area (Å²) in [5.41, 5.74) is -1.43. The van der Waals surface area contributed by atoms with Gasteiger partial charge in [0.15, 0.2) is 18.9 Å². The first kappa shape index (κ1) is 110. The molecule has 710 valence electrons. The van der Waals surface area contributed by atoms with E-state index in [1.54, 1.807) is 6.92 Å². The molecule has 0 unspecified atom stereocenters. The van der Waals surface area contributed by atoms with Crippen molar-refractivity contribution in [2.75, 3.05) is 125 Å². The largest absolute Gasteiger partial charge is 0.394 e. The van der Waals surface area contributed by atoms with E-state index in [2.05, 4.69) is 70.7 Å². The number of aliphatic hydroxyl groups excluding tert-OH is 9. The third kappa shape index (κ3) is 47.9. The first-order valence-corrected chi connectivity index (χ1v) is 43.7. The minimum absolute atomic E-state index is 0.0731. The number of carbonyl (C=O) groups excluding carboxylic acids is 12. The highest BCUT2D eigenvalue weighted by molar-refractivity contribution is 5.87. The average Bonchev–Trinajstić information content (AvgIpc) is 0.817. The number of aliphatic hydroxyl groups is 9. The van der Waals surface area contributed by atoms with Crippen LogP contribution in [-0.2, 0) is 100 Å². The number of unbranched alkanes of at least 4 members (excludes halogenated alkanes) is 12. The standard InChI is InChI=1S/C81H146N12O30/c1-6-7-14-29-66(106)89-53(2)77(114)88-34-19-13-11-9-8-10-12-15-30-67(107)93-81(50-115-44-31-63(103)85-38-23-35-82-60(100)26-16-20-41-118-78-68(90-54(3)97)74(111)71(108)57(47-94)121-78,51-116-45-32-64(104)86-39-24-36-83-61(101)27-17-21-42-119-79-69(91-55(4)98)75(112)72(109)58(48-95)122-79)52-117-46-33-65(105)87-40-25-37-84-62(102)28-18-22-43-120-80-70(92-56(5)99)76(113)73(110)59(49-96)123-80/h53,57-59,68-76,78-80,94-96,108-113H,6-52H2,1-5H3,(H,82,100)(H,83,101)(H,84,102)(H,85,103)(H,86,104)(H,87,105)(H,88,114)(H,89,106)(H,90,97)(H,91,98)(H,92,99)(H,93,107)/t53-,57+,58+,59+,68+,69+,70+,71-,72-,73-,74+,75+,76+,78+,79+,80+/m0/s1. The Morgan fingerprint density at radius 2 is 0.602 bits per heavy atom. The zero-order chi connectivity index (χ0) is 90.7. The zero-order valence-electron chi connectivity index (χ0n) is 72.6. The second kappa shape index (κ2) is 65.5. The molecule has 16 atom stereocenters. The SMILES string of the molecule is CCCCCC(=O)N[C@@H](C)C(=O)NCCCCCCCCCCC(=O)NC(COCCC(=O)NCCCNC(=O)CCCCO[C@@H]1O[C@H](CO)[C@H](O)[C@H](O)[C@H]1NC(C)=O)(COCCC(=O)NCCCNC(=O)CCCCO[C@@H]1O[C@H](CO)[C@H](O)[C@H](O)[C@H]1NC(C)=O)COCCC(=O)NCCCNC(=O)CCCCO[C@@H]1O[C@H](CO)[C@H](O)[C@H](O)[C@H]1NC(C)=O. The van der Waals surface area contributed by atoms with Crippen molar-refractivity contribution in [2.24, 2.45) is 0 Å². The Kier molecular flexibility index (Phi) is 58.6. The molecule has 12 amide bonds. The van der Waals surface area contributed by atoms with E-state index < -0.39 is 141 Å². The number of carbonyl (C=O) groups is 12. The highest BCUT2D eigenvalue weighted by Gasteiger charge is 2.48. The highest BCUT2D eigenvalue weighted by Crippen LogP contribution is 2.26. The second-order valence-electron chi connectivity index (χ2n) is 31.3. The van der Waals surface area contributed by atoms with E-state index in [9.17, 15) is 103 Å². The Morgan fingerprint density at radius 3 is 0.919 bits per heavy atom. The summed E-state index contributed by atoms with van der Waals surface area (Å²) in [6.45, 7) is 6.50. The average molecular weight is 1770 g/mol. The maximum Gasteiger partial charge on any atom is 0.242 e. The lowest BCUT2D eigenvalue weighted by Gasteiger charge is -2.42. The van der Waals surface area contributed by atoms with Crippen LogP contribution in [-0.4, -0.2) is 345 Å². The van der Waals surface area contributed by atoms with Gasteiger partial charge in [0.2, 0.25) is 70.9 Å². The van der Waals surface area contributed by atoms with Crippen LogP contribution in [0, 0.1) is 0 Å². The van der Waals surface area contributed by atoms with Crippen molar-refractivity contribution in [3.8, 4) is 0 Å². The maximum absolute atomic E-state index is 14.1. The predicted octanol–water partition coefficient (Wildman–Crippen LogP) is -3.97. The number of nitrogens with one attached hydrogen (secondary N) is 12. The van der Waals surface area contributed by atoms with E-state index in [4.69, 9.17) is 42.6 Å². The van der Waals surface area contributed by atoms with E-state index >= 15 is 0 Å². The van der Waals surface area contributed by atoms with Gasteiger partial charge >= 0.3 is 0 Å². The normalized spacial score (nSPS) is 22.8. The number of hydrogen-bond donors (Lipinski definition) is 21. The summed E-state index contributed by atoms with van der Waals surface area (Å²) < 4.78 is 52.3. The van der Waals surface area contributed by atoms with Gasteiger partial charge < -0.3 is 152 Å². The van der Waals surface area contributed by atoms with E-state index in [1.807, 2.05) is 0 Å². The van der Waals surface area contributed by atoms with Crippen LogP contribution in [0.15, 0.2) is 0 Å². The molecule has 3 saturated heterocycles. The molecular formula is C81H146N12O30. The van der Waals surface area contributed by atoms with Gasteiger partial charge in [0, 0.05) is 138 Å². The summed E-state index contributed by atoms with van der Waals surface area (Å²) >= 11 is 0. The molecule has 3 heterocycles. The molecular weight excluding hydrogens is 1620 g/mol. The molecule has 42 nitrogen and oxygen atoms in total. The molecule has 0 bridgehead atoms. The Labute approximate surface area is 721 Å². The van der Waals surface area contributed by atoms with Gasteiger partial charge in [-0.25, -0.2) is 0 Å². The van der Waals surface area contributed by atoms with Gasteiger partial charge in [-0.3, -0.25) is 57.5 Å². The minimum Gasteiger partial charge on any atom is -0.394 e. The lowest BCUT2D eigenvalue weighted by Crippen LogP contribution is -2.64. The Bertz CT molecular complexity index is 2800. The molecule has 0 saturated carbocycles. The van der Waals surface area contributed by atoms with Crippen molar-refractivity contribution in [2.45, 2.75) is 318 Å². The van der Waals surface area contributed by atoms with Crippen LogP contribution < -0.4 is 63.8 Å². The fourth-order valence-electron chi connectivity index (χ4n) is 13.4. The quantitative estimate of drug-likeness (QED) is 0.0258. The van der Waals surface area contributed by atoms with Gasteiger partial charge in [-0.1, -0.05) is 58.3 Å². The van der Waals surface area contributed by atoms with Crippen molar-refractivity contribution >= 4 is 70.9 Å². The Morgan fingerprint density at radius 1 is 0.325 bits per heavy atom. The monoisotopic (exact) mass is 1770 g/mol. The van der Waals surface area contributed by atoms with Crippen molar-refractivity contribution in [1.29, 1.82) is 0 Å². The number of amides is 12. The lowest BCUT2D eigenvalue weighted by molar-refractivity contribution is -0.270. The lowest BCUT2D eigenvalue weighted by atomic mass is 9.97. The fourth-order valence-corrected chi connectivity index (χ4v) is 13.4. The summed E-state index contributed by atoms with van der Waals surface area (Å²) in [5, 5.41) is 124. The van der Waals surface area contributed by atoms with Crippen LogP contribution in [0.3, 0.4) is 0 Å². The molecule has 3 aliphatic heterocycles. The van der Waals surface area contributed by atoms with Gasteiger partial charge in [0.25, 0.3) is 0 Å². The third-order valence-electron chi connectivity index (χ3n) is 20.4. The fraction of sp³-hybridized carbons (Fsp3) is 0.852. The summed E-state index contributed by atoms with van der Waals surface area (Å²) in [6, 6.07) is -3.92. The van der Waals surface area contributed by atoms with Gasteiger partial charge in [-0.05, 0) is 84.0 Å². The van der Waals surface area contributed by atoms with Crippen LogP contribution in [0.25, 0.3) is 0 Å². The van der Waals surface area contributed by atoms with E-state index in [1.165, 1.54) is 20.8 Å². The highest BCUT2D eigenvalue weighted by atomic mass is 16.7. The molecule has 0 aromatic heterocycles. The van der Waals surface area contributed by atoms with E-state index in [0.29, 0.717) is 77.2 Å².